The number of carbonyl (C=O) groups is 1. The Morgan fingerprint density at radius 1 is 1.43 bits per heavy atom. The Hall–Kier alpha value is -1.25. The van der Waals surface area contributed by atoms with Gasteiger partial charge in [-0.15, -0.1) is 0 Å². The van der Waals surface area contributed by atoms with Crippen LogP contribution in [0.2, 0.25) is 0 Å². The lowest BCUT2D eigenvalue weighted by Crippen LogP contribution is -2.21. The minimum Gasteiger partial charge on any atom is -0.459 e. The Kier molecular flexibility index (Phi) is 3.34. The van der Waals surface area contributed by atoms with Crippen LogP contribution < -0.4 is 5.46 Å². The average molecular weight is 188 g/mol. The van der Waals surface area contributed by atoms with Gasteiger partial charge >= 0.3 is 5.97 Å². The van der Waals surface area contributed by atoms with Crippen LogP contribution in [-0.4, -0.2) is 19.9 Å². The van der Waals surface area contributed by atoms with Crippen molar-refractivity contribution in [1.29, 1.82) is 0 Å². The molecule has 0 fully saturated rings. The Morgan fingerprint density at radius 3 is 2.57 bits per heavy atom. The van der Waals surface area contributed by atoms with Crippen LogP contribution in [0, 0.1) is 6.92 Å². The van der Waals surface area contributed by atoms with Crippen molar-refractivity contribution in [3.05, 3.63) is 29.3 Å². The standard InChI is InChI=1S/C11H13BO2/c1-7(2)14-11(13)10-8(3)5-4-6-9(10)12/h4-7H,1-3H3. The maximum Gasteiger partial charge on any atom is 0.338 e. The molecule has 2 radical (unpaired) electrons. The van der Waals surface area contributed by atoms with Gasteiger partial charge in [0.2, 0.25) is 0 Å². The lowest BCUT2D eigenvalue weighted by atomic mass is 9.88. The Morgan fingerprint density at radius 2 is 2.07 bits per heavy atom. The summed E-state index contributed by atoms with van der Waals surface area (Å²) in [6.45, 7) is 5.46. The minimum atomic E-state index is -0.351. The molecule has 0 aliphatic carbocycles. The molecule has 14 heavy (non-hydrogen) atoms. The summed E-state index contributed by atoms with van der Waals surface area (Å²) in [4.78, 5) is 11.6. The lowest BCUT2D eigenvalue weighted by molar-refractivity contribution is 0.0379. The van der Waals surface area contributed by atoms with Gasteiger partial charge in [0, 0.05) is 0 Å². The first-order valence-electron chi connectivity index (χ1n) is 4.58. The molecule has 0 saturated heterocycles. The van der Waals surface area contributed by atoms with E-state index < -0.39 is 0 Å². The number of esters is 1. The van der Waals surface area contributed by atoms with Crippen molar-refractivity contribution >= 4 is 19.3 Å². The van der Waals surface area contributed by atoms with Gasteiger partial charge in [0.1, 0.15) is 7.85 Å². The van der Waals surface area contributed by atoms with Gasteiger partial charge in [-0.2, -0.15) is 0 Å². The summed E-state index contributed by atoms with van der Waals surface area (Å²) in [5.41, 5.74) is 1.78. The second-order valence-electron chi connectivity index (χ2n) is 3.49. The highest BCUT2D eigenvalue weighted by molar-refractivity contribution is 6.36. The monoisotopic (exact) mass is 188 g/mol. The number of ether oxygens (including phenoxy) is 1. The Bertz CT molecular complexity index is 325. The fourth-order valence-electron chi connectivity index (χ4n) is 1.24. The molecule has 0 heterocycles. The van der Waals surface area contributed by atoms with E-state index in [2.05, 4.69) is 0 Å². The molecule has 0 aromatic heterocycles. The van der Waals surface area contributed by atoms with Gasteiger partial charge in [-0.3, -0.25) is 0 Å². The molecule has 0 spiro atoms. The maximum atomic E-state index is 11.6. The van der Waals surface area contributed by atoms with E-state index in [1.54, 1.807) is 6.07 Å². The summed E-state index contributed by atoms with van der Waals surface area (Å²) in [6.07, 6.45) is -0.124. The summed E-state index contributed by atoms with van der Waals surface area (Å²) in [5, 5.41) is 0. The number of hydrogen-bond donors (Lipinski definition) is 0. The molecule has 1 aromatic carbocycles. The number of hydrogen-bond acceptors (Lipinski definition) is 2. The van der Waals surface area contributed by atoms with Crippen molar-refractivity contribution in [3.63, 3.8) is 0 Å². The third kappa shape index (κ3) is 2.38. The fraction of sp³-hybridized carbons (Fsp3) is 0.364. The summed E-state index contributed by atoms with van der Waals surface area (Å²) in [6, 6.07) is 5.36. The van der Waals surface area contributed by atoms with Gasteiger partial charge in [-0.1, -0.05) is 23.7 Å². The number of carbonyl (C=O) groups excluding carboxylic acids is 1. The van der Waals surface area contributed by atoms with Crippen LogP contribution >= 0.6 is 0 Å². The van der Waals surface area contributed by atoms with E-state index in [-0.39, 0.29) is 12.1 Å². The topological polar surface area (TPSA) is 26.3 Å². The third-order valence-corrected chi connectivity index (χ3v) is 1.85. The number of rotatable bonds is 2. The molecule has 1 aromatic rings. The SMILES string of the molecule is [B]c1cccc(C)c1C(=O)OC(C)C. The molecule has 0 aliphatic rings. The van der Waals surface area contributed by atoms with E-state index in [0.717, 1.165) is 5.56 Å². The fourth-order valence-corrected chi connectivity index (χ4v) is 1.24. The first-order chi connectivity index (χ1) is 6.52. The predicted octanol–water partition coefficient (Wildman–Crippen LogP) is 1.35. The quantitative estimate of drug-likeness (QED) is 0.517. The van der Waals surface area contributed by atoms with E-state index in [4.69, 9.17) is 12.6 Å². The molecule has 72 valence electrons. The molecule has 0 amide bonds. The first kappa shape index (κ1) is 10.8. The molecule has 0 saturated carbocycles. The zero-order chi connectivity index (χ0) is 10.7. The minimum absolute atomic E-state index is 0.124. The van der Waals surface area contributed by atoms with Crippen LogP contribution in [-0.2, 0) is 4.74 Å². The van der Waals surface area contributed by atoms with Crippen LogP contribution in [0.3, 0.4) is 0 Å². The molecule has 3 heteroatoms. The van der Waals surface area contributed by atoms with Crippen LogP contribution in [0.1, 0.15) is 29.8 Å². The van der Waals surface area contributed by atoms with Gasteiger partial charge in [0.15, 0.2) is 0 Å². The second kappa shape index (κ2) is 4.31. The zero-order valence-corrected chi connectivity index (χ0v) is 8.70. The summed E-state index contributed by atoms with van der Waals surface area (Å²) in [5.74, 6) is -0.351. The smallest absolute Gasteiger partial charge is 0.338 e. The van der Waals surface area contributed by atoms with Gasteiger partial charge in [-0.25, -0.2) is 4.79 Å². The second-order valence-corrected chi connectivity index (χ2v) is 3.49. The van der Waals surface area contributed by atoms with Crippen molar-refractivity contribution in [2.45, 2.75) is 26.9 Å². The van der Waals surface area contributed by atoms with Gasteiger partial charge in [0.25, 0.3) is 0 Å². The molecule has 2 nitrogen and oxygen atoms in total. The molecule has 1 rings (SSSR count). The van der Waals surface area contributed by atoms with Crippen LogP contribution in [0.15, 0.2) is 18.2 Å². The van der Waals surface area contributed by atoms with E-state index in [9.17, 15) is 4.79 Å². The first-order valence-corrected chi connectivity index (χ1v) is 4.58. The maximum absolute atomic E-state index is 11.6. The molecule has 0 aliphatic heterocycles. The average Bonchev–Trinajstić information content (AvgIpc) is 2.01. The highest BCUT2D eigenvalue weighted by atomic mass is 16.5. The molecule has 0 unspecified atom stereocenters. The number of benzene rings is 1. The summed E-state index contributed by atoms with van der Waals surface area (Å²) < 4.78 is 5.08. The van der Waals surface area contributed by atoms with E-state index >= 15 is 0 Å². The Labute approximate surface area is 85.7 Å². The normalized spacial score (nSPS) is 10.3. The van der Waals surface area contributed by atoms with Crippen molar-refractivity contribution in [2.75, 3.05) is 0 Å². The van der Waals surface area contributed by atoms with E-state index in [1.165, 1.54) is 0 Å². The third-order valence-electron chi connectivity index (χ3n) is 1.85. The van der Waals surface area contributed by atoms with Crippen molar-refractivity contribution in [2.24, 2.45) is 0 Å². The van der Waals surface area contributed by atoms with Gasteiger partial charge in [0.05, 0.1) is 11.7 Å². The van der Waals surface area contributed by atoms with Crippen molar-refractivity contribution < 1.29 is 9.53 Å². The van der Waals surface area contributed by atoms with E-state index in [0.29, 0.717) is 11.0 Å². The molecular weight excluding hydrogens is 175 g/mol. The van der Waals surface area contributed by atoms with E-state index in [1.807, 2.05) is 32.9 Å². The number of aryl methyl sites for hydroxylation is 1. The Balaban J connectivity index is 3.00. The summed E-state index contributed by atoms with van der Waals surface area (Å²) in [7, 11) is 5.70. The van der Waals surface area contributed by atoms with Crippen molar-refractivity contribution in [3.8, 4) is 0 Å². The summed E-state index contributed by atoms with van der Waals surface area (Å²) >= 11 is 0. The predicted molar refractivity (Wildman–Crippen MR) is 57.1 cm³/mol. The van der Waals surface area contributed by atoms with Crippen molar-refractivity contribution in [1.82, 2.24) is 0 Å². The zero-order valence-electron chi connectivity index (χ0n) is 8.70. The molecular formula is C11H13BO2. The largest absolute Gasteiger partial charge is 0.459 e. The molecule has 0 atom stereocenters. The van der Waals surface area contributed by atoms with Crippen LogP contribution in [0.5, 0.6) is 0 Å². The van der Waals surface area contributed by atoms with Gasteiger partial charge < -0.3 is 4.74 Å². The van der Waals surface area contributed by atoms with Crippen LogP contribution in [0.25, 0.3) is 0 Å². The molecule has 0 bridgehead atoms. The van der Waals surface area contributed by atoms with Gasteiger partial charge in [-0.05, 0) is 26.3 Å². The highest BCUT2D eigenvalue weighted by Gasteiger charge is 2.13. The lowest BCUT2D eigenvalue weighted by Gasteiger charge is -2.11. The highest BCUT2D eigenvalue weighted by Crippen LogP contribution is 2.07. The molecule has 0 N–H and O–H groups in total. The van der Waals surface area contributed by atoms with Crippen LogP contribution in [0.4, 0.5) is 0 Å².